The Balaban J connectivity index is 2.02. The monoisotopic (exact) mass is 372 g/mol. The summed E-state index contributed by atoms with van der Waals surface area (Å²) in [5.41, 5.74) is 2.15. The average Bonchev–Trinajstić information content (AvgIpc) is 2.65. The van der Waals surface area contributed by atoms with Crippen LogP contribution in [0.15, 0.2) is 36.4 Å². The molecule has 0 unspecified atom stereocenters. The summed E-state index contributed by atoms with van der Waals surface area (Å²) in [5.74, 6) is 1.32. The number of amides is 2. The number of benzene rings is 2. The van der Waals surface area contributed by atoms with E-state index in [2.05, 4.69) is 10.6 Å². The van der Waals surface area contributed by atoms with Crippen LogP contribution >= 0.6 is 0 Å². The van der Waals surface area contributed by atoms with Gasteiger partial charge in [-0.05, 0) is 42.3 Å². The Kier molecular flexibility index (Phi) is 7.05. The number of hydrogen-bond acceptors (Lipinski definition) is 5. The summed E-state index contributed by atoms with van der Waals surface area (Å²) in [6.07, 6.45) is 0.789. The van der Waals surface area contributed by atoms with Gasteiger partial charge in [-0.2, -0.15) is 0 Å². The van der Waals surface area contributed by atoms with Gasteiger partial charge < -0.3 is 24.8 Å². The molecule has 0 fully saturated rings. The summed E-state index contributed by atoms with van der Waals surface area (Å²) in [6, 6.07) is 10.6. The first-order valence-electron chi connectivity index (χ1n) is 8.43. The fourth-order valence-corrected chi connectivity index (χ4v) is 2.64. The number of rotatable bonds is 8. The normalized spacial score (nSPS) is 10.1. The van der Waals surface area contributed by atoms with Crippen LogP contribution in [-0.2, 0) is 16.0 Å². The van der Waals surface area contributed by atoms with E-state index < -0.39 is 0 Å². The number of anilines is 2. The number of nitrogens with one attached hydrogen (secondary N) is 2. The van der Waals surface area contributed by atoms with E-state index in [-0.39, 0.29) is 18.2 Å². The van der Waals surface area contributed by atoms with Crippen molar-refractivity contribution in [3.8, 4) is 17.2 Å². The van der Waals surface area contributed by atoms with Gasteiger partial charge in [-0.25, -0.2) is 0 Å². The third-order valence-electron chi connectivity index (χ3n) is 3.83. The van der Waals surface area contributed by atoms with Crippen LogP contribution in [0.25, 0.3) is 0 Å². The van der Waals surface area contributed by atoms with Gasteiger partial charge in [-0.15, -0.1) is 0 Å². The molecule has 0 aliphatic rings. The summed E-state index contributed by atoms with van der Waals surface area (Å²) in [4.78, 5) is 23.4. The molecule has 0 heterocycles. The number of carbonyl (C=O) groups excluding carboxylic acids is 2. The lowest BCUT2D eigenvalue weighted by atomic mass is 10.1. The van der Waals surface area contributed by atoms with E-state index in [0.29, 0.717) is 35.0 Å². The van der Waals surface area contributed by atoms with Gasteiger partial charge in [0.2, 0.25) is 17.6 Å². The van der Waals surface area contributed by atoms with Crippen LogP contribution in [-0.4, -0.2) is 33.1 Å². The van der Waals surface area contributed by atoms with Crippen molar-refractivity contribution in [2.45, 2.75) is 19.8 Å². The third kappa shape index (κ3) is 5.64. The summed E-state index contributed by atoms with van der Waals surface area (Å²) in [7, 11) is 4.65. The zero-order chi connectivity index (χ0) is 19.8. The van der Waals surface area contributed by atoms with Crippen molar-refractivity contribution in [1.82, 2.24) is 0 Å². The molecular formula is C20H24N2O5. The van der Waals surface area contributed by atoms with Crippen LogP contribution in [0.3, 0.4) is 0 Å². The molecule has 0 saturated carbocycles. The Morgan fingerprint density at radius 1 is 0.889 bits per heavy atom. The van der Waals surface area contributed by atoms with E-state index in [1.54, 1.807) is 45.6 Å². The van der Waals surface area contributed by atoms with E-state index in [4.69, 9.17) is 14.2 Å². The molecule has 0 aromatic heterocycles. The molecule has 2 N–H and O–H groups in total. The van der Waals surface area contributed by atoms with Gasteiger partial charge in [0.15, 0.2) is 11.5 Å². The molecule has 7 heteroatoms. The van der Waals surface area contributed by atoms with Gasteiger partial charge in [-0.3, -0.25) is 9.59 Å². The number of aryl methyl sites for hydroxylation is 1. The maximum atomic E-state index is 12.3. The Labute approximate surface area is 158 Å². The predicted octanol–water partition coefficient (Wildman–Crippen LogP) is 3.24. The minimum absolute atomic E-state index is 0.135. The maximum Gasteiger partial charge on any atom is 0.224 e. The number of carbonyl (C=O) groups is 2. The molecule has 2 rings (SSSR count). The largest absolute Gasteiger partial charge is 0.493 e. The molecule has 7 nitrogen and oxygen atoms in total. The zero-order valence-electron chi connectivity index (χ0n) is 15.9. The van der Waals surface area contributed by atoms with Crippen molar-refractivity contribution in [2.24, 2.45) is 0 Å². The second-order valence-electron chi connectivity index (χ2n) is 5.84. The van der Waals surface area contributed by atoms with Crippen LogP contribution < -0.4 is 24.8 Å². The van der Waals surface area contributed by atoms with Crippen LogP contribution in [0, 0.1) is 0 Å². The number of methoxy groups -OCH3 is 3. The van der Waals surface area contributed by atoms with Gasteiger partial charge in [0, 0.05) is 24.7 Å². The van der Waals surface area contributed by atoms with E-state index in [9.17, 15) is 9.59 Å². The van der Waals surface area contributed by atoms with Gasteiger partial charge in [0.05, 0.1) is 21.3 Å². The minimum atomic E-state index is -0.166. The van der Waals surface area contributed by atoms with E-state index in [1.807, 2.05) is 12.1 Å². The van der Waals surface area contributed by atoms with Crippen LogP contribution in [0.5, 0.6) is 17.2 Å². The molecule has 0 aliphatic carbocycles. The minimum Gasteiger partial charge on any atom is -0.493 e. The van der Waals surface area contributed by atoms with Gasteiger partial charge in [0.1, 0.15) is 0 Å². The molecule has 2 aromatic rings. The van der Waals surface area contributed by atoms with Gasteiger partial charge >= 0.3 is 0 Å². The second kappa shape index (κ2) is 9.47. The standard InChI is InChI=1S/C20H24N2O5/c1-13(23)21-15-6-5-7-16(12-15)22-19(24)9-8-14-10-17(25-2)20(27-4)18(11-14)26-3/h5-7,10-12H,8-9H2,1-4H3,(H,21,23)(H,22,24). The topological polar surface area (TPSA) is 85.9 Å². The van der Waals surface area contributed by atoms with Crippen molar-refractivity contribution < 1.29 is 23.8 Å². The maximum absolute atomic E-state index is 12.3. The predicted molar refractivity (Wildman–Crippen MR) is 104 cm³/mol. The fraction of sp³-hybridized carbons (Fsp3) is 0.300. The SMILES string of the molecule is COc1cc(CCC(=O)Nc2cccc(NC(C)=O)c2)cc(OC)c1OC. The molecule has 0 atom stereocenters. The Morgan fingerprint density at radius 3 is 2.00 bits per heavy atom. The highest BCUT2D eigenvalue weighted by Gasteiger charge is 2.14. The zero-order valence-corrected chi connectivity index (χ0v) is 15.9. The molecule has 2 aromatic carbocycles. The lowest BCUT2D eigenvalue weighted by molar-refractivity contribution is -0.116. The Bertz CT molecular complexity index is 795. The first kappa shape index (κ1) is 20.1. The molecular weight excluding hydrogens is 348 g/mol. The summed E-state index contributed by atoms with van der Waals surface area (Å²) < 4.78 is 16.0. The molecule has 0 saturated heterocycles. The molecule has 27 heavy (non-hydrogen) atoms. The second-order valence-corrected chi connectivity index (χ2v) is 5.84. The molecule has 0 aliphatic heterocycles. The average molecular weight is 372 g/mol. The number of ether oxygens (including phenoxy) is 3. The van der Waals surface area contributed by atoms with Crippen LogP contribution in [0.1, 0.15) is 18.9 Å². The summed E-state index contributed by atoms with van der Waals surface area (Å²) in [6.45, 7) is 1.43. The van der Waals surface area contributed by atoms with Crippen LogP contribution in [0.2, 0.25) is 0 Å². The first-order valence-corrected chi connectivity index (χ1v) is 8.43. The molecule has 0 bridgehead atoms. The van der Waals surface area contributed by atoms with Crippen molar-refractivity contribution in [2.75, 3.05) is 32.0 Å². The Hall–Kier alpha value is -3.22. The van der Waals surface area contributed by atoms with E-state index >= 15 is 0 Å². The van der Waals surface area contributed by atoms with Crippen molar-refractivity contribution in [1.29, 1.82) is 0 Å². The van der Waals surface area contributed by atoms with Crippen molar-refractivity contribution in [3.63, 3.8) is 0 Å². The van der Waals surface area contributed by atoms with Gasteiger partial charge in [-0.1, -0.05) is 6.07 Å². The number of hydrogen-bond donors (Lipinski definition) is 2. The highest BCUT2D eigenvalue weighted by Crippen LogP contribution is 2.38. The third-order valence-corrected chi connectivity index (χ3v) is 3.83. The lowest BCUT2D eigenvalue weighted by Gasteiger charge is -2.14. The highest BCUT2D eigenvalue weighted by molar-refractivity contribution is 5.93. The van der Waals surface area contributed by atoms with E-state index in [0.717, 1.165) is 5.56 Å². The first-order chi connectivity index (χ1) is 13.0. The van der Waals surface area contributed by atoms with Crippen LogP contribution in [0.4, 0.5) is 11.4 Å². The summed E-state index contributed by atoms with van der Waals surface area (Å²) >= 11 is 0. The van der Waals surface area contributed by atoms with Crippen molar-refractivity contribution in [3.05, 3.63) is 42.0 Å². The van der Waals surface area contributed by atoms with Gasteiger partial charge in [0.25, 0.3) is 0 Å². The fourth-order valence-electron chi connectivity index (χ4n) is 2.64. The Morgan fingerprint density at radius 2 is 1.48 bits per heavy atom. The highest BCUT2D eigenvalue weighted by atomic mass is 16.5. The quantitative estimate of drug-likeness (QED) is 0.743. The molecule has 2 amide bonds. The lowest BCUT2D eigenvalue weighted by Crippen LogP contribution is -2.13. The molecule has 144 valence electrons. The van der Waals surface area contributed by atoms with E-state index in [1.165, 1.54) is 6.92 Å². The molecule has 0 radical (unpaired) electrons. The molecule has 0 spiro atoms. The smallest absolute Gasteiger partial charge is 0.224 e. The van der Waals surface area contributed by atoms with Crippen molar-refractivity contribution >= 4 is 23.2 Å². The summed E-state index contributed by atoms with van der Waals surface area (Å²) in [5, 5.41) is 5.51.